The molecule has 1 fully saturated rings. The molecule has 1 amide bonds. The molecule has 1 aliphatic rings. The van der Waals surface area contributed by atoms with E-state index >= 15 is 0 Å². The molecule has 0 saturated carbocycles. The first-order chi connectivity index (χ1) is 9.78. The third-order valence-electron chi connectivity index (χ3n) is 3.44. The summed E-state index contributed by atoms with van der Waals surface area (Å²) in [5, 5.41) is 0. The van der Waals surface area contributed by atoms with Gasteiger partial charge >= 0.3 is 0 Å². The molecule has 3 nitrogen and oxygen atoms in total. The van der Waals surface area contributed by atoms with Crippen molar-refractivity contribution in [3.63, 3.8) is 0 Å². The number of nitrogens with zero attached hydrogens (tertiary/aromatic N) is 2. The largest absolute Gasteiger partial charge is 0.296 e. The SMILES string of the molecule is C#CC1CC(=O)N(c2cccc(-c3ccccc3)n2)C1. The van der Waals surface area contributed by atoms with E-state index in [4.69, 9.17) is 6.42 Å². The van der Waals surface area contributed by atoms with Crippen molar-refractivity contribution in [3.8, 4) is 23.6 Å². The van der Waals surface area contributed by atoms with Crippen LogP contribution in [-0.4, -0.2) is 17.4 Å². The van der Waals surface area contributed by atoms with Gasteiger partial charge < -0.3 is 0 Å². The van der Waals surface area contributed by atoms with Gasteiger partial charge in [0.1, 0.15) is 5.82 Å². The number of hydrogen-bond acceptors (Lipinski definition) is 2. The summed E-state index contributed by atoms with van der Waals surface area (Å²) in [4.78, 5) is 18.2. The van der Waals surface area contributed by atoms with Crippen LogP contribution in [0.4, 0.5) is 5.82 Å². The van der Waals surface area contributed by atoms with Crippen LogP contribution in [0.5, 0.6) is 0 Å². The Hall–Kier alpha value is -2.60. The maximum atomic E-state index is 12.0. The highest BCUT2D eigenvalue weighted by atomic mass is 16.2. The first-order valence-corrected chi connectivity index (χ1v) is 6.57. The Bertz CT molecular complexity index is 673. The second kappa shape index (κ2) is 5.18. The summed E-state index contributed by atoms with van der Waals surface area (Å²) in [5.74, 6) is 3.36. The van der Waals surface area contributed by atoms with Gasteiger partial charge in [-0.1, -0.05) is 36.4 Å². The van der Waals surface area contributed by atoms with E-state index in [1.54, 1.807) is 4.90 Å². The third-order valence-corrected chi connectivity index (χ3v) is 3.44. The molecular formula is C17H14N2O. The number of hydrogen-bond donors (Lipinski definition) is 0. The summed E-state index contributed by atoms with van der Waals surface area (Å²) in [6.45, 7) is 0.556. The summed E-state index contributed by atoms with van der Waals surface area (Å²) in [5.41, 5.74) is 1.90. The van der Waals surface area contributed by atoms with Crippen LogP contribution in [0.1, 0.15) is 6.42 Å². The molecule has 0 spiro atoms. The van der Waals surface area contributed by atoms with Crippen LogP contribution in [0.15, 0.2) is 48.5 Å². The molecule has 3 rings (SSSR count). The molecular weight excluding hydrogens is 248 g/mol. The van der Waals surface area contributed by atoms with Crippen molar-refractivity contribution in [2.45, 2.75) is 6.42 Å². The van der Waals surface area contributed by atoms with Gasteiger partial charge in [-0.3, -0.25) is 9.69 Å². The molecule has 2 heterocycles. The molecule has 0 radical (unpaired) electrons. The fourth-order valence-electron chi connectivity index (χ4n) is 2.38. The average Bonchev–Trinajstić information content (AvgIpc) is 2.89. The summed E-state index contributed by atoms with van der Waals surface area (Å²) in [7, 11) is 0. The highest BCUT2D eigenvalue weighted by Gasteiger charge is 2.30. The molecule has 1 aromatic carbocycles. The fraction of sp³-hybridized carbons (Fsp3) is 0.176. The molecule has 98 valence electrons. The van der Waals surface area contributed by atoms with E-state index < -0.39 is 0 Å². The minimum absolute atomic E-state index is 0.00955. The topological polar surface area (TPSA) is 33.2 Å². The zero-order valence-electron chi connectivity index (χ0n) is 11.0. The minimum atomic E-state index is -0.00955. The van der Waals surface area contributed by atoms with Gasteiger partial charge in [-0.25, -0.2) is 4.98 Å². The van der Waals surface area contributed by atoms with Crippen molar-refractivity contribution in [1.82, 2.24) is 4.98 Å². The van der Waals surface area contributed by atoms with Crippen LogP contribution in [-0.2, 0) is 4.79 Å². The predicted octanol–water partition coefficient (Wildman–Crippen LogP) is 2.73. The van der Waals surface area contributed by atoms with Gasteiger partial charge in [0.2, 0.25) is 5.91 Å². The van der Waals surface area contributed by atoms with E-state index in [2.05, 4.69) is 10.9 Å². The fourth-order valence-corrected chi connectivity index (χ4v) is 2.38. The smallest absolute Gasteiger partial charge is 0.229 e. The van der Waals surface area contributed by atoms with Gasteiger partial charge in [0.15, 0.2) is 0 Å². The van der Waals surface area contributed by atoms with Crippen LogP contribution in [0.3, 0.4) is 0 Å². The number of carbonyl (C=O) groups excluding carboxylic acids is 1. The Kier molecular flexibility index (Phi) is 3.22. The Labute approximate surface area is 118 Å². The van der Waals surface area contributed by atoms with Crippen molar-refractivity contribution in [3.05, 3.63) is 48.5 Å². The van der Waals surface area contributed by atoms with E-state index in [0.29, 0.717) is 18.8 Å². The molecule has 3 heteroatoms. The maximum Gasteiger partial charge on any atom is 0.229 e. The van der Waals surface area contributed by atoms with Gasteiger partial charge in [0.25, 0.3) is 0 Å². The Balaban J connectivity index is 1.93. The van der Waals surface area contributed by atoms with Crippen molar-refractivity contribution in [2.75, 3.05) is 11.4 Å². The zero-order chi connectivity index (χ0) is 13.9. The lowest BCUT2D eigenvalue weighted by Crippen LogP contribution is -2.25. The molecule has 0 bridgehead atoms. The highest BCUT2D eigenvalue weighted by Crippen LogP contribution is 2.25. The Morgan fingerprint density at radius 3 is 2.65 bits per heavy atom. The quantitative estimate of drug-likeness (QED) is 0.780. The molecule has 1 atom stereocenters. The van der Waals surface area contributed by atoms with Gasteiger partial charge in [-0.15, -0.1) is 12.3 Å². The molecule has 0 aliphatic carbocycles. The normalized spacial score (nSPS) is 18.1. The lowest BCUT2D eigenvalue weighted by atomic mass is 10.1. The summed E-state index contributed by atoms with van der Waals surface area (Å²) in [6.07, 6.45) is 5.82. The second-order valence-electron chi connectivity index (χ2n) is 4.82. The van der Waals surface area contributed by atoms with E-state index in [0.717, 1.165) is 11.3 Å². The first kappa shape index (κ1) is 12.4. The molecule has 20 heavy (non-hydrogen) atoms. The van der Waals surface area contributed by atoms with Gasteiger partial charge in [0.05, 0.1) is 5.69 Å². The first-order valence-electron chi connectivity index (χ1n) is 6.57. The number of amides is 1. The summed E-state index contributed by atoms with van der Waals surface area (Å²) in [6, 6.07) is 15.6. The lowest BCUT2D eigenvalue weighted by molar-refractivity contribution is -0.117. The standard InChI is InChI=1S/C17H14N2O/c1-2-13-11-17(20)19(12-13)16-10-6-9-15(18-16)14-7-4-3-5-8-14/h1,3-10,13H,11-12H2. The lowest BCUT2D eigenvalue weighted by Gasteiger charge is -2.15. The van der Waals surface area contributed by atoms with E-state index in [-0.39, 0.29) is 11.8 Å². The van der Waals surface area contributed by atoms with Gasteiger partial charge in [-0.2, -0.15) is 0 Å². The van der Waals surface area contributed by atoms with Crippen molar-refractivity contribution in [1.29, 1.82) is 0 Å². The van der Waals surface area contributed by atoms with Crippen LogP contribution < -0.4 is 4.90 Å². The number of terminal acetylenes is 1. The Morgan fingerprint density at radius 2 is 1.95 bits per heavy atom. The average molecular weight is 262 g/mol. The summed E-state index contributed by atoms with van der Waals surface area (Å²) >= 11 is 0. The number of pyridine rings is 1. The van der Waals surface area contributed by atoms with Crippen molar-refractivity contribution < 1.29 is 4.79 Å². The number of carbonyl (C=O) groups is 1. The third kappa shape index (κ3) is 2.28. The van der Waals surface area contributed by atoms with E-state index in [1.807, 2.05) is 48.5 Å². The number of anilines is 1. The molecule has 1 unspecified atom stereocenters. The zero-order valence-corrected chi connectivity index (χ0v) is 11.0. The van der Waals surface area contributed by atoms with Gasteiger partial charge in [0, 0.05) is 24.4 Å². The summed E-state index contributed by atoms with van der Waals surface area (Å²) < 4.78 is 0. The van der Waals surface area contributed by atoms with Crippen molar-refractivity contribution in [2.24, 2.45) is 5.92 Å². The predicted molar refractivity (Wildman–Crippen MR) is 79.0 cm³/mol. The molecule has 2 aromatic rings. The van der Waals surface area contributed by atoms with Crippen LogP contribution in [0, 0.1) is 18.3 Å². The molecule has 1 aliphatic heterocycles. The van der Waals surface area contributed by atoms with E-state index in [1.165, 1.54) is 0 Å². The second-order valence-corrected chi connectivity index (χ2v) is 4.82. The highest BCUT2D eigenvalue weighted by molar-refractivity contribution is 5.95. The maximum absolute atomic E-state index is 12.0. The van der Waals surface area contributed by atoms with Crippen LogP contribution >= 0.6 is 0 Å². The number of aromatic nitrogens is 1. The van der Waals surface area contributed by atoms with Crippen molar-refractivity contribution >= 4 is 11.7 Å². The Morgan fingerprint density at radius 1 is 1.15 bits per heavy atom. The molecule has 0 N–H and O–H groups in total. The van der Waals surface area contributed by atoms with Gasteiger partial charge in [-0.05, 0) is 12.1 Å². The molecule has 1 saturated heterocycles. The minimum Gasteiger partial charge on any atom is -0.296 e. The monoisotopic (exact) mass is 262 g/mol. The number of benzene rings is 1. The molecule has 1 aromatic heterocycles. The number of rotatable bonds is 2. The van der Waals surface area contributed by atoms with Crippen LogP contribution in [0.2, 0.25) is 0 Å². The van der Waals surface area contributed by atoms with E-state index in [9.17, 15) is 4.79 Å². The van der Waals surface area contributed by atoms with Crippen LogP contribution in [0.25, 0.3) is 11.3 Å².